The maximum Gasteiger partial charge on any atom is 0.354 e. The minimum Gasteiger partial charge on any atom is -0.487 e. The molecule has 2 aromatic heterocycles. The molecule has 7 nitrogen and oxygen atoms in total. The molecule has 2 heterocycles. The molecule has 24 heavy (non-hydrogen) atoms. The molecular formula is C17H16N4O3. The lowest BCUT2D eigenvalue weighted by molar-refractivity contribution is 0.0689. The number of hydrogen-bond donors (Lipinski definition) is 2. The van der Waals surface area contributed by atoms with Crippen LogP contribution < -0.4 is 4.74 Å². The molecule has 4 rings (SSSR count). The lowest BCUT2D eigenvalue weighted by Crippen LogP contribution is -2.10. The molecule has 1 aliphatic rings. The molecule has 0 saturated heterocycles. The van der Waals surface area contributed by atoms with Gasteiger partial charge in [0.25, 0.3) is 0 Å². The maximum atomic E-state index is 11.3. The Morgan fingerprint density at radius 1 is 1.33 bits per heavy atom. The van der Waals surface area contributed by atoms with Gasteiger partial charge in [0.1, 0.15) is 29.4 Å². The summed E-state index contributed by atoms with van der Waals surface area (Å²) in [7, 11) is 1.89. The summed E-state index contributed by atoms with van der Waals surface area (Å²) in [5, 5.41) is 20.7. The summed E-state index contributed by atoms with van der Waals surface area (Å²) in [4.78, 5) is 11.3. The molecule has 1 aliphatic carbocycles. The van der Waals surface area contributed by atoms with Gasteiger partial charge in [-0.05, 0) is 25.0 Å². The van der Waals surface area contributed by atoms with Crippen LogP contribution in [-0.4, -0.2) is 31.1 Å². The van der Waals surface area contributed by atoms with Crippen LogP contribution in [0.25, 0.3) is 11.3 Å². The number of aromatic amines is 1. The average Bonchev–Trinajstić information content (AvgIpc) is 3.15. The van der Waals surface area contributed by atoms with E-state index in [4.69, 9.17) is 4.74 Å². The Bertz CT molecular complexity index is 912. The number of carboxylic acids is 1. The number of carboxylic acid groups (broad SMARTS) is 1. The van der Waals surface area contributed by atoms with Crippen molar-refractivity contribution in [2.75, 3.05) is 0 Å². The van der Waals surface area contributed by atoms with Gasteiger partial charge >= 0.3 is 5.97 Å². The van der Waals surface area contributed by atoms with Crippen molar-refractivity contribution in [2.45, 2.75) is 19.4 Å². The fourth-order valence-corrected chi connectivity index (χ4v) is 3.19. The second-order valence-electron chi connectivity index (χ2n) is 5.72. The number of benzene rings is 1. The lowest BCUT2D eigenvalue weighted by atomic mass is 9.92. The van der Waals surface area contributed by atoms with Crippen molar-refractivity contribution < 1.29 is 14.6 Å². The van der Waals surface area contributed by atoms with Crippen molar-refractivity contribution in [1.29, 1.82) is 0 Å². The van der Waals surface area contributed by atoms with E-state index < -0.39 is 5.97 Å². The van der Waals surface area contributed by atoms with Crippen molar-refractivity contribution in [3.63, 3.8) is 0 Å². The molecular weight excluding hydrogens is 308 g/mol. The molecule has 0 radical (unpaired) electrons. The van der Waals surface area contributed by atoms with Crippen LogP contribution in [-0.2, 0) is 26.5 Å². The first-order chi connectivity index (χ1) is 11.6. The number of aryl methyl sites for hydroxylation is 1. The fraction of sp³-hybridized carbons (Fsp3) is 0.235. The molecule has 3 aromatic rings. The zero-order chi connectivity index (χ0) is 16.7. The zero-order valence-electron chi connectivity index (χ0n) is 13.1. The van der Waals surface area contributed by atoms with E-state index in [2.05, 4.69) is 15.3 Å². The van der Waals surface area contributed by atoms with E-state index in [-0.39, 0.29) is 5.69 Å². The highest BCUT2D eigenvalue weighted by molar-refractivity contribution is 5.90. The van der Waals surface area contributed by atoms with Gasteiger partial charge in [-0.3, -0.25) is 9.78 Å². The standard InChI is InChI=1S/C17H16N4O3/c1-21-13-8-7-11-15(18-19-16(11)17(22)23)14(13)12(20-21)9-24-10-5-3-2-4-6-10/h2-6H,7-9H2,1H3,(H,18,19)(H,22,23). The van der Waals surface area contributed by atoms with E-state index in [1.54, 1.807) is 0 Å². The number of hydrogen-bond acceptors (Lipinski definition) is 4. The number of fused-ring (bicyclic) bond motifs is 3. The number of H-pyrrole nitrogens is 1. The van der Waals surface area contributed by atoms with Gasteiger partial charge in [-0.2, -0.15) is 10.2 Å². The summed E-state index contributed by atoms with van der Waals surface area (Å²) in [6.07, 6.45) is 1.37. The summed E-state index contributed by atoms with van der Waals surface area (Å²) in [5.41, 5.74) is 4.28. The Balaban J connectivity index is 1.72. The van der Waals surface area contributed by atoms with E-state index in [0.29, 0.717) is 18.7 Å². The predicted molar refractivity (Wildman–Crippen MR) is 85.9 cm³/mol. The van der Waals surface area contributed by atoms with Gasteiger partial charge in [0, 0.05) is 18.3 Å². The SMILES string of the molecule is Cn1nc(COc2ccccc2)c2c1CCc1c-2n[nH]c1C(=O)O. The van der Waals surface area contributed by atoms with Gasteiger partial charge < -0.3 is 9.84 Å². The second kappa shape index (κ2) is 5.52. The van der Waals surface area contributed by atoms with Gasteiger partial charge in [-0.15, -0.1) is 0 Å². The number of ether oxygens (including phenoxy) is 1. The van der Waals surface area contributed by atoms with E-state index in [9.17, 15) is 9.90 Å². The van der Waals surface area contributed by atoms with Crippen LogP contribution in [0.1, 0.15) is 27.4 Å². The summed E-state index contributed by atoms with van der Waals surface area (Å²) < 4.78 is 7.64. The molecule has 0 unspecified atom stereocenters. The second-order valence-corrected chi connectivity index (χ2v) is 5.72. The molecule has 0 atom stereocenters. The fourth-order valence-electron chi connectivity index (χ4n) is 3.19. The molecule has 0 bridgehead atoms. The van der Waals surface area contributed by atoms with Gasteiger partial charge in [0.05, 0.1) is 5.56 Å². The van der Waals surface area contributed by atoms with Crippen LogP contribution >= 0.6 is 0 Å². The first-order valence-corrected chi connectivity index (χ1v) is 7.68. The smallest absolute Gasteiger partial charge is 0.354 e. The number of aromatic nitrogens is 4. The molecule has 0 fully saturated rings. The lowest BCUT2D eigenvalue weighted by Gasteiger charge is -2.13. The normalized spacial score (nSPS) is 12.5. The highest BCUT2D eigenvalue weighted by Crippen LogP contribution is 2.36. The zero-order valence-corrected chi connectivity index (χ0v) is 13.1. The molecule has 0 spiro atoms. The van der Waals surface area contributed by atoms with Crippen LogP contribution in [0.3, 0.4) is 0 Å². The van der Waals surface area contributed by atoms with Gasteiger partial charge in [-0.25, -0.2) is 4.79 Å². The first kappa shape index (κ1) is 14.5. The number of para-hydroxylation sites is 1. The van der Waals surface area contributed by atoms with Crippen molar-refractivity contribution in [3.8, 4) is 17.0 Å². The third-order valence-electron chi connectivity index (χ3n) is 4.29. The third-order valence-corrected chi connectivity index (χ3v) is 4.29. The van der Waals surface area contributed by atoms with E-state index in [1.807, 2.05) is 42.1 Å². The predicted octanol–water partition coefficient (Wildman–Crippen LogP) is 2.19. The van der Waals surface area contributed by atoms with Gasteiger partial charge in [-0.1, -0.05) is 18.2 Å². The quantitative estimate of drug-likeness (QED) is 0.767. The molecule has 2 N–H and O–H groups in total. The largest absolute Gasteiger partial charge is 0.487 e. The molecule has 122 valence electrons. The molecule has 1 aromatic carbocycles. The minimum absolute atomic E-state index is 0.162. The first-order valence-electron chi connectivity index (χ1n) is 7.68. The third kappa shape index (κ3) is 2.25. The molecule has 7 heteroatoms. The van der Waals surface area contributed by atoms with E-state index in [1.165, 1.54) is 0 Å². The van der Waals surface area contributed by atoms with E-state index >= 15 is 0 Å². The van der Waals surface area contributed by atoms with Crippen molar-refractivity contribution in [1.82, 2.24) is 20.0 Å². The van der Waals surface area contributed by atoms with Gasteiger partial charge in [0.2, 0.25) is 0 Å². The van der Waals surface area contributed by atoms with Crippen LogP contribution in [0.4, 0.5) is 0 Å². The summed E-state index contributed by atoms with van der Waals surface area (Å²) in [6.45, 7) is 0.307. The Hall–Kier alpha value is -3.09. The number of nitrogens with zero attached hydrogens (tertiary/aromatic N) is 3. The summed E-state index contributed by atoms with van der Waals surface area (Å²) in [5.74, 6) is -0.223. The topological polar surface area (TPSA) is 93.0 Å². The minimum atomic E-state index is -0.988. The highest BCUT2D eigenvalue weighted by atomic mass is 16.5. The average molecular weight is 324 g/mol. The Kier molecular flexibility index (Phi) is 3.34. The number of rotatable bonds is 4. The summed E-state index contributed by atoms with van der Waals surface area (Å²) >= 11 is 0. The Morgan fingerprint density at radius 3 is 2.88 bits per heavy atom. The number of nitrogens with one attached hydrogen (secondary N) is 1. The number of carbonyl (C=O) groups is 1. The van der Waals surface area contributed by atoms with Crippen LogP contribution in [0.2, 0.25) is 0 Å². The molecule has 0 amide bonds. The number of aromatic carboxylic acids is 1. The monoisotopic (exact) mass is 324 g/mol. The molecule has 0 aliphatic heterocycles. The van der Waals surface area contributed by atoms with Crippen molar-refractivity contribution in [2.24, 2.45) is 7.05 Å². The van der Waals surface area contributed by atoms with Gasteiger partial charge in [0.15, 0.2) is 0 Å². The van der Waals surface area contributed by atoms with Crippen molar-refractivity contribution in [3.05, 3.63) is 53.0 Å². The molecule has 0 saturated carbocycles. The maximum absolute atomic E-state index is 11.3. The Morgan fingerprint density at radius 2 is 2.12 bits per heavy atom. The summed E-state index contributed by atoms with van der Waals surface area (Å²) in [6, 6.07) is 9.52. The van der Waals surface area contributed by atoms with Crippen LogP contribution in [0.15, 0.2) is 30.3 Å². The van der Waals surface area contributed by atoms with Crippen LogP contribution in [0, 0.1) is 0 Å². The van der Waals surface area contributed by atoms with Crippen molar-refractivity contribution >= 4 is 5.97 Å². The van der Waals surface area contributed by atoms with Crippen LogP contribution in [0.5, 0.6) is 5.75 Å². The Labute approximate surface area is 137 Å². The highest BCUT2D eigenvalue weighted by Gasteiger charge is 2.30. The van der Waals surface area contributed by atoms with E-state index in [0.717, 1.165) is 34.7 Å².